The van der Waals surface area contributed by atoms with Crippen LogP contribution in [0, 0.1) is 0 Å². The molecule has 2 fully saturated rings. The topological polar surface area (TPSA) is 70.2 Å². The minimum absolute atomic E-state index is 0.0537. The maximum atomic E-state index is 11.7. The van der Waals surface area contributed by atoms with E-state index in [0.717, 1.165) is 25.9 Å². The zero-order valence-electron chi connectivity index (χ0n) is 8.41. The number of nitrogens with one attached hydrogen (secondary N) is 3. The summed E-state index contributed by atoms with van der Waals surface area (Å²) >= 11 is 1.17. The molecule has 15 heavy (non-hydrogen) atoms. The highest BCUT2D eigenvalue weighted by atomic mass is 32.2. The second-order valence-corrected chi connectivity index (χ2v) is 4.84. The maximum absolute atomic E-state index is 11.7. The average Bonchev–Trinajstić information content (AvgIpc) is 2.66. The average molecular weight is 229 g/mol. The monoisotopic (exact) mass is 229 g/mol. The molecule has 0 spiro atoms. The Morgan fingerprint density at radius 1 is 1.53 bits per heavy atom. The molecule has 0 bridgehead atoms. The summed E-state index contributed by atoms with van der Waals surface area (Å²) in [5.41, 5.74) is 0. The lowest BCUT2D eigenvalue weighted by Crippen LogP contribution is -2.51. The molecule has 0 aliphatic carbocycles. The summed E-state index contributed by atoms with van der Waals surface area (Å²) in [6, 6.07) is -0.127. The number of hydrogen-bond acceptors (Lipinski definition) is 4. The van der Waals surface area contributed by atoms with Crippen molar-refractivity contribution >= 4 is 22.9 Å². The third-order valence-corrected chi connectivity index (χ3v) is 3.51. The fourth-order valence-corrected chi connectivity index (χ4v) is 2.58. The lowest BCUT2D eigenvalue weighted by molar-refractivity contribution is -0.123. The van der Waals surface area contributed by atoms with Crippen LogP contribution in [0.5, 0.6) is 0 Å². The van der Waals surface area contributed by atoms with E-state index in [9.17, 15) is 9.59 Å². The van der Waals surface area contributed by atoms with Crippen molar-refractivity contribution in [2.75, 3.05) is 18.8 Å². The van der Waals surface area contributed by atoms with Gasteiger partial charge in [0.2, 0.25) is 5.91 Å². The van der Waals surface area contributed by atoms with E-state index < -0.39 is 0 Å². The molecule has 6 heteroatoms. The van der Waals surface area contributed by atoms with Crippen LogP contribution in [0.25, 0.3) is 0 Å². The van der Waals surface area contributed by atoms with Crippen LogP contribution in [0.4, 0.5) is 4.79 Å². The molecule has 2 atom stereocenters. The Hall–Kier alpha value is -0.750. The van der Waals surface area contributed by atoms with E-state index in [0.29, 0.717) is 5.75 Å². The zero-order chi connectivity index (χ0) is 10.7. The van der Waals surface area contributed by atoms with Gasteiger partial charge in [0, 0.05) is 18.3 Å². The number of thioether (sulfide) groups is 1. The molecule has 2 amide bonds. The smallest absolute Gasteiger partial charge is 0.279 e. The van der Waals surface area contributed by atoms with Gasteiger partial charge in [-0.15, -0.1) is 0 Å². The summed E-state index contributed by atoms with van der Waals surface area (Å²) in [4.78, 5) is 22.6. The molecule has 0 radical (unpaired) electrons. The lowest BCUT2D eigenvalue weighted by Gasteiger charge is -2.24. The molecule has 0 aromatic heterocycles. The molecule has 2 heterocycles. The van der Waals surface area contributed by atoms with Crippen molar-refractivity contribution in [1.82, 2.24) is 16.0 Å². The normalized spacial score (nSPS) is 31.1. The maximum Gasteiger partial charge on any atom is 0.279 e. The number of rotatable bonds is 2. The van der Waals surface area contributed by atoms with Crippen LogP contribution in [-0.4, -0.2) is 42.1 Å². The Morgan fingerprint density at radius 3 is 3.00 bits per heavy atom. The molecule has 0 saturated carbocycles. The fraction of sp³-hybridized carbons (Fsp3) is 0.778. The van der Waals surface area contributed by atoms with Gasteiger partial charge in [-0.1, -0.05) is 11.8 Å². The molecule has 2 rings (SSSR count). The van der Waals surface area contributed by atoms with E-state index in [4.69, 9.17) is 0 Å². The zero-order valence-corrected chi connectivity index (χ0v) is 9.23. The van der Waals surface area contributed by atoms with Crippen LogP contribution in [0.3, 0.4) is 0 Å². The Labute approximate surface area is 92.7 Å². The molecule has 3 N–H and O–H groups in total. The summed E-state index contributed by atoms with van der Waals surface area (Å²) in [6.45, 7) is 1.86. The van der Waals surface area contributed by atoms with Crippen molar-refractivity contribution in [2.24, 2.45) is 0 Å². The molecule has 1 unspecified atom stereocenters. The van der Waals surface area contributed by atoms with Gasteiger partial charge in [0.15, 0.2) is 0 Å². The van der Waals surface area contributed by atoms with Crippen LogP contribution in [-0.2, 0) is 4.79 Å². The second kappa shape index (κ2) is 4.85. The van der Waals surface area contributed by atoms with Gasteiger partial charge >= 0.3 is 0 Å². The highest BCUT2D eigenvalue weighted by Gasteiger charge is 2.29. The Bertz CT molecular complexity index is 266. The van der Waals surface area contributed by atoms with Gasteiger partial charge in [-0.25, -0.2) is 0 Å². The molecule has 0 aromatic rings. The number of carbonyl (C=O) groups is 2. The van der Waals surface area contributed by atoms with Crippen LogP contribution < -0.4 is 16.0 Å². The molecule has 2 saturated heterocycles. The van der Waals surface area contributed by atoms with Crippen molar-refractivity contribution < 1.29 is 9.59 Å². The molecule has 2 aliphatic rings. The van der Waals surface area contributed by atoms with Crippen molar-refractivity contribution in [3.8, 4) is 0 Å². The van der Waals surface area contributed by atoms with Gasteiger partial charge in [0.1, 0.15) is 6.04 Å². The van der Waals surface area contributed by atoms with Gasteiger partial charge in [0.05, 0.1) is 0 Å². The number of piperidine rings is 1. The van der Waals surface area contributed by atoms with Gasteiger partial charge in [-0.3, -0.25) is 9.59 Å². The van der Waals surface area contributed by atoms with Crippen LogP contribution in [0.15, 0.2) is 0 Å². The van der Waals surface area contributed by atoms with E-state index in [2.05, 4.69) is 16.0 Å². The Morgan fingerprint density at radius 2 is 2.40 bits per heavy atom. The first-order valence-electron chi connectivity index (χ1n) is 5.20. The fourth-order valence-electron chi connectivity index (χ4n) is 1.80. The Kier molecular flexibility index (Phi) is 3.48. The number of amides is 2. The Balaban J connectivity index is 1.78. The summed E-state index contributed by atoms with van der Waals surface area (Å²) in [7, 11) is 0. The summed E-state index contributed by atoms with van der Waals surface area (Å²) < 4.78 is 0. The highest BCUT2D eigenvalue weighted by Crippen LogP contribution is 2.13. The van der Waals surface area contributed by atoms with E-state index in [1.807, 2.05) is 0 Å². The van der Waals surface area contributed by atoms with Gasteiger partial charge in [-0.2, -0.15) is 0 Å². The molecular formula is C9H15N3O2S. The van der Waals surface area contributed by atoms with Crippen LogP contribution in [0.2, 0.25) is 0 Å². The first-order valence-corrected chi connectivity index (χ1v) is 6.18. The number of carbonyl (C=O) groups excluding carboxylic acids is 2. The van der Waals surface area contributed by atoms with Gasteiger partial charge in [0.25, 0.3) is 5.24 Å². The molecule has 5 nitrogen and oxygen atoms in total. The molecule has 84 valence electrons. The minimum Gasteiger partial charge on any atom is -0.350 e. The largest absolute Gasteiger partial charge is 0.350 e. The van der Waals surface area contributed by atoms with E-state index in [1.54, 1.807) is 0 Å². The van der Waals surface area contributed by atoms with Crippen molar-refractivity contribution in [1.29, 1.82) is 0 Å². The summed E-state index contributed by atoms with van der Waals surface area (Å²) in [6.07, 6.45) is 2.11. The molecule has 0 aromatic carbocycles. The van der Waals surface area contributed by atoms with Crippen molar-refractivity contribution in [3.63, 3.8) is 0 Å². The summed E-state index contributed by atoms with van der Waals surface area (Å²) in [5, 5.41) is 8.72. The van der Waals surface area contributed by atoms with Gasteiger partial charge in [-0.05, 0) is 19.4 Å². The third kappa shape index (κ3) is 2.85. The van der Waals surface area contributed by atoms with E-state index in [-0.39, 0.29) is 23.2 Å². The highest BCUT2D eigenvalue weighted by molar-refractivity contribution is 8.14. The van der Waals surface area contributed by atoms with Crippen molar-refractivity contribution in [2.45, 2.75) is 24.9 Å². The first-order chi connectivity index (χ1) is 7.25. The lowest BCUT2D eigenvalue weighted by atomic mass is 10.1. The molecule has 2 aliphatic heterocycles. The number of hydrogen-bond donors (Lipinski definition) is 3. The predicted molar refractivity (Wildman–Crippen MR) is 58.8 cm³/mol. The minimum atomic E-state index is -0.343. The first kappa shape index (κ1) is 10.8. The SMILES string of the molecule is O=C1NC(C(=O)N[C@@H]2CCCNC2)CS1. The molecular weight excluding hydrogens is 214 g/mol. The van der Waals surface area contributed by atoms with Gasteiger partial charge < -0.3 is 16.0 Å². The van der Waals surface area contributed by atoms with Crippen molar-refractivity contribution in [3.05, 3.63) is 0 Å². The predicted octanol–water partition coefficient (Wildman–Crippen LogP) is -0.320. The van der Waals surface area contributed by atoms with E-state index >= 15 is 0 Å². The van der Waals surface area contributed by atoms with E-state index in [1.165, 1.54) is 11.8 Å². The quantitative estimate of drug-likeness (QED) is 0.607. The second-order valence-electron chi connectivity index (χ2n) is 3.85. The standard InChI is InChI=1S/C9H15N3O2S/c13-8(7-5-15-9(14)12-7)11-6-2-1-3-10-4-6/h6-7,10H,1-5H2,(H,11,13)(H,12,14)/t6-,7?/m1/s1. The van der Waals surface area contributed by atoms with Crippen LogP contribution >= 0.6 is 11.8 Å². The third-order valence-electron chi connectivity index (χ3n) is 2.63. The summed E-state index contributed by atoms with van der Waals surface area (Å²) in [5.74, 6) is 0.493. The van der Waals surface area contributed by atoms with Crippen LogP contribution in [0.1, 0.15) is 12.8 Å².